The van der Waals surface area contributed by atoms with Crippen LogP contribution in [0.5, 0.6) is 17.2 Å². The SMILES string of the molecule is COc1cccc(NC(=O)CSc2nc3c(sc(=S)n3-c3cccc(OC)c3)c(=O)n2-c2ccccc2OC)c1. The Hall–Kier alpha value is -4.13. The first kappa shape index (κ1) is 27.4. The van der Waals surface area contributed by atoms with Crippen LogP contribution in [-0.4, -0.2) is 47.1 Å². The predicted octanol–water partition coefficient (Wildman–Crippen LogP) is 5.72. The van der Waals surface area contributed by atoms with Gasteiger partial charge in [-0.1, -0.05) is 47.4 Å². The molecule has 0 fully saturated rings. The average molecular weight is 593 g/mol. The van der Waals surface area contributed by atoms with Crippen LogP contribution in [0.25, 0.3) is 21.7 Å². The number of ether oxygens (including phenoxy) is 3. The Labute approximate surface area is 243 Å². The quantitative estimate of drug-likeness (QED) is 0.132. The van der Waals surface area contributed by atoms with E-state index in [1.165, 1.54) is 23.0 Å². The second kappa shape index (κ2) is 11.9. The average Bonchev–Trinajstić information content (AvgIpc) is 3.32. The highest BCUT2D eigenvalue weighted by Gasteiger charge is 2.21. The first-order valence-corrected chi connectivity index (χ1v) is 14.2. The molecule has 1 amide bonds. The molecule has 0 atom stereocenters. The number of anilines is 1. The lowest BCUT2D eigenvalue weighted by Crippen LogP contribution is -2.23. The van der Waals surface area contributed by atoms with Gasteiger partial charge in [0, 0.05) is 17.8 Å². The molecule has 5 aromatic rings. The molecule has 0 saturated heterocycles. The van der Waals surface area contributed by atoms with E-state index < -0.39 is 0 Å². The van der Waals surface area contributed by atoms with Crippen LogP contribution in [-0.2, 0) is 4.79 Å². The van der Waals surface area contributed by atoms with Gasteiger partial charge in [-0.3, -0.25) is 18.7 Å². The van der Waals surface area contributed by atoms with E-state index in [-0.39, 0.29) is 17.2 Å². The molecule has 0 aliphatic heterocycles. The van der Waals surface area contributed by atoms with Crippen LogP contribution in [0, 0.1) is 3.95 Å². The molecule has 0 saturated carbocycles. The lowest BCUT2D eigenvalue weighted by Gasteiger charge is -2.15. The number of aromatic nitrogens is 3. The van der Waals surface area contributed by atoms with Gasteiger partial charge in [-0.2, -0.15) is 0 Å². The standard InChI is InChI=1S/C28H24N4O5S3/c1-35-19-10-6-8-17(14-19)29-23(33)16-39-27-30-25-24(26(34)32(27)21-12-4-5-13-22(21)37-3)40-28(38)31(25)18-9-7-11-20(15-18)36-2/h4-15H,16H2,1-3H3,(H,29,33). The molecule has 204 valence electrons. The Balaban J connectivity index is 1.61. The molecule has 9 nitrogen and oxygen atoms in total. The van der Waals surface area contributed by atoms with Gasteiger partial charge in [0.15, 0.2) is 14.8 Å². The summed E-state index contributed by atoms with van der Waals surface area (Å²) in [5, 5.41) is 3.17. The van der Waals surface area contributed by atoms with E-state index in [1.807, 2.05) is 36.4 Å². The maximum Gasteiger partial charge on any atom is 0.278 e. The molecule has 40 heavy (non-hydrogen) atoms. The van der Waals surface area contributed by atoms with Crippen LogP contribution in [0.3, 0.4) is 0 Å². The number of amides is 1. The van der Waals surface area contributed by atoms with Crippen molar-refractivity contribution in [1.29, 1.82) is 0 Å². The number of carbonyl (C=O) groups is 1. The molecule has 2 heterocycles. The van der Waals surface area contributed by atoms with Crippen molar-refractivity contribution < 1.29 is 19.0 Å². The number of para-hydroxylation sites is 2. The number of rotatable bonds is 9. The third kappa shape index (κ3) is 5.46. The monoisotopic (exact) mass is 592 g/mol. The van der Waals surface area contributed by atoms with E-state index in [4.69, 9.17) is 31.4 Å². The number of thioether (sulfide) groups is 1. The number of benzene rings is 3. The zero-order valence-corrected chi connectivity index (χ0v) is 24.2. The topological polar surface area (TPSA) is 96.6 Å². The fourth-order valence-electron chi connectivity index (χ4n) is 4.06. The van der Waals surface area contributed by atoms with E-state index in [2.05, 4.69) is 5.32 Å². The second-order valence-corrected chi connectivity index (χ2v) is 10.9. The molecule has 0 aliphatic carbocycles. The molecule has 1 N–H and O–H groups in total. The Kier molecular flexibility index (Phi) is 8.19. The Morgan fingerprint density at radius 2 is 1.68 bits per heavy atom. The number of thiazole rings is 1. The van der Waals surface area contributed by atoms with Crippen molar-refractivity contribution in [3.63, 3.8) is 0 Å². The van der Waals surface area contributed by atoms with Gasteiger partial charge in [0.1, 0.15) is 21.9 Å². The van der Waals surface area contributed by atoms with Crippen molar-refractivity contribution in [2.75, 3.05) is 32.4 Å². The normalized spacial score (nSPS) is 10.9. The van der Waals surface area contributed by atoms with Crippen molar-refractivity contribution in [1.82, 2.24) is 14.1 Å². The van der Waals surface area contributed by atoms with Crippen molar-refractivity contribution >= 4 is 57.3 Å². The van der Waals surface area contributed by atoms with Crippen molar-refractivity contribution in [3.05, 3.63) is 87.1 Å². The number of methoxy groups -OCH3 is 3. The minimum absolute atomic E-state index is 0.00562. The molecule has 0 aliphatic rings. The smallest absolute Gasteiger partial charge is 0.278 e. The van der Waals surface area contributed by atoms with Gasteiger partial charge >= 0.3 is 0 Å². The summed E-state index contributed by atoms with van der Waals surface area (Å²) < 4.78 is 20.2. The number of carbonyl (C=O) groups excluding carboxylic acids is 1. The first-order chi connectivity index (χ1) is 19.4. The highest BCUT2D eigenvalue weighted by atomic mass is 32.2. The van der Waals surface area contributed by atoms with E-state index in [0.717, 1.165) is 11.8 Å². The van der Waals surface area contributed by atoms with Crippen molar-refractivity contribution in [2.24, 2.45) is 0 Å². The van der Waals surface area contributed by atoms with Gasteiger partial charge < -0.3 is 19.5 Å². The van der Waals surface area contributed by atoms with E-state index in [1.54, 1.807) is 55.2 Å². The molecule has 2 aromatic heterocycles. The number of hydrogen-bond donors (Lipinski definition) is 1. The molecule has 12 heteroatoms. The zero-order chi connectivity index (χ0) is 28.2. The van der Waals surface area contributed by atoms with Crippen molar-refractivity contribution in [2.45, 2.75) is 5.16 Å². The Morgan fingerprint density at radius 1 is 0.950 bits per heavy atom. The van der Waals surface area contributed by atoms with Crippen LogP contribution in [0.2, 0.25) is 0 Å². The fourth-order valence-corrected chi connectivity index (χ4v) is 6.16. The minimum Gasteiger partial charge on any atom is -0.497 e. The second-order valence-electron chi connectivity index (χ2n) is 8.33. The van der Waals surface area contributed by atoms with Gasteiger partial charge in [0.2, 0.25) is 5.91 Å². The number of nitrogens with zero attached hydrogens (tertiary/aromatic N) is 3. The number of hydrogen-bond acceptors (Lipinski definition) is 9. The lowest BCUT2D eigenvalue weighted by atomic mass is 10.3. The third-order valence-electron chi connectivity index (χ3n) is 5.90. The molecule has 0 unspecified atom stereocenters. The highest BCUT2D eigenvalue weighted by molar-refractivity contribution is 7.99. The summed E-state index contributed by atoms with van der Waals surface area (Å²) in [5.74, 6) is 1.49. The highest BCUT2D eigenvalue weighted by Crippen LogP contribution is 2.31. The van der Waals surface area contributed by atoms with Crippen molar-refractivity contribution in [3.8, 4) is 28.6 Å². The molecular formula is C28H24N4O5S3. The van der Waals surface area contributed by atoms with Gasteiger partial charge in [0.05, 0.1) is 38.5 Å². The molecule has 3 aromatic carbocycles. The molecular weight excluding hydrogens is 569 g/mol. The molecule has 0 bridgehead atoms. The fraction of sp³-hybridized carbons (Fsp3) is 0.143. The maximum absolute atomic E-state index is 14.0. The summed E-state index contributed by atoms with van der Waals surface area (Å²) in [6, 6.07) is 21.6. The zero-order valence-electron chi connectivity index (χ0n) is 21.7. The largest absolute Gasteiger partial charge is 0.497 e. The maximum atomic E-state index is 14.0. The summed E-state index contributed by atoms with van der Waals surface area (Å²) >= 11 is 7.98. The van der Waals surface area contributed by atoms with Crippen LogP contribution >= 0.6 is 35.3 Å². The summed E-state index contributed by atoms with van der Waals surface area (Å²) in [6.45, 7) is 0. The van der Waals surface area contributed by atoms with E-state index in [0.29, 0.717) is 53.8 Å². The van der Waals surface area contributed by atoms with Crippen LogP contribution in [0.1, 0.15) is 0 Å². The van der Waals surface area contributed by atoms with E-state index >= 15 is 0 Å². The predicted molar refractivity (Wildman–Crippen MR) is 161 cm³/mol. The number of nitrogens with one attached hydrogen (secondary N) is 1. The third-order valence-corrected chi connectivity index (χ3v) is 8.19. The van der Waals surface area contributed by atoms with Crippen LogP contribution < -0.4 is 25.1 Å². The Bertz CT molecular complexity index is 1830. The number of fused-ring (bicyclic) bond motifs is 1. The van der Waals surface area contributed by atoms with Gasteiger partial charge in [0.25, 0.3) is 5.56 Å². The minimum atomic E-state index is -0.317. The van der Waals surface area contributed by atoms with Crippen LogP contribution in [0.4, 0.5) is 5.69 Å². The summed E-state index contributed by atoms with van der Waals surface area (Å²) in [4.78, 5) is 31.8. The lowest BCUT2D eigenvalue weighted by molar-refractivity contribution is -0.113. The molecule has 0 spiro atoms. The summed E-state index contributed by atoms with van der Waals surface area (Å²) in [7, 11) is 4.68. The van der Waals surface area contributed by atoms with E-state index in [9.17, 15) is 9.59 Å². The first-order valence-electron chi connectivity index (χ1n) is 12.0. The molecule has 0 radical (unpaired) electrons. The molecule has 5 rings (SSSR count). The summed E-state index contributed by atoms with van der Waals surface area (Å²) in [6.07, 6.45) is 0. The van der Waals surface area contributed by atoms with Crippen LogP contribution in [0.15, 0.2) is 82.7 Å². The summed E-state index contributed by atoms with van der Waals surface area (Å²) in [5.41, 5.74) is 1.90. The van der Waals surface area contributed by atoms with Gasteiger partial charge in [-0.15, -0.1) is 0 Å². The van der Waals surface area contributed by atoms with Gasteiger partial charge in [-0.25, -0.2) is 4.98 Å². The van der Waals surface area contributed by atoms with Gasteiger partial charge in [-0.05, 0) is 48.6 Å². The Morgan fingerprint density at radius 3 is 2.42 bits per heavy atom.